The molecule has 0 saturated heterocycles. The minimum Gasteiger partial charge on any atom is -0.488 e. The Morgan fingerprint density at radius 3 is 2.85 bits per heavy atom. The van der Waals surface area contributed by atoms with Gasteiger partial charge in [0, 0.05) is 5.69 Å². The van der Waals surface area contributed by atoms with Gasteiger partial charge >= 0.3 is 0 Å². The highest BCUT2D eigenvalue weighted by molar-refractivity contribution is 6.33. The van der Waals surface area contributed by atoms with Gasteiger partial charge in [0.1, 0.15) is 0 Å². The van der Waals surface area contributed by atoms with Crippen molar-refractivity contribution in [2.45, 2.75) is 45.1 Å². The molecule has 1 saturated carbocycles. The number of amides is 1. The van der Waals surface area contributed by atoms with E-state index in [-0.39, 0.29) is 11.7 Å². The van der Waals surface area contributed by atoms with E-state index in [1.165, 1.54) is 12.5 Å². The Labute approximate surface area is 124 Å². The molecule has 4 nitrogen and oxygen atoms in total. The molecule has 0 radical (unpaired) electrons. The van der Waals surface area contributed by atoms with Gasteiger partial charge in [-0.3, -0.25) is 4.79 Å². The van der Waals surface area contributed by atoms with Crippen LogP contribution in [0.25, 0.3) is 0 Å². The first kappa shape index (κ1) is 15.0. The number of rotatable bonds is 4. The Kier molecular flexibility index (Phi) is 4.76. The van der Waals surface area contributed by atoms with Gasteiger partial charge in [-0.1, -0.05) is 31.4 Å². The van der Waals surface area contributed by atoms with Crippen molar-refractivity contribution in [2.24, 2.45) is 11.7 Å². The summed E-state index contributed by atoms with van der Waals surface area (Å²) in [7, 11) is 0. The quantitative estimate of drug-likeness (QED) is 0.836. The van der Waals surface area contributed by atoms with Crippen molar-refractivity contribution in [3.63, 3.8) is 0 Å². The third kappa shape index (κ3) is 3.37. The number of ether oxygens (including phenoxy) is 1. The standard InChI is InChI=1S/C15H21ClN2O2/c1-2-9-4-3-5-11(6-9)20-14-12(15(18)19)7-10(17)8-13(14)16/h7-9,11H,2-6,17H2,1H3,(H2,18,19). The van der Waals surface area contributed by atoms with E-state index in [1.54, 1.807) is 6.07 Å². The third-order valence-electron chi connectivity index (χ3n) is 3.93. The summed E-state index contributed by atoms with van der Waals surface area (Å²) in [5, 5.41) is 0.345. The molecule has 1 aliphatic rings. The number of anilines is 1. The van der Waals surface area contributed by atoms with E-state index in [1.807, 2.05) is 0 Å². The van der Waals surface area contributed by atoms with Gasteiger partial charge in [-0.2, -0.15) is 0 Å². The smallest absolute Gasteiger partial charge is 0.252 e. The van der Waals surface area contributed by atoms with Gasteiger partial charge in [0.25, 0.3) is 5.91 Å². The van der Waals surface area contributed by atoms with Crippen molar-refractivity contribution in [3.8, 4) is 5.75 Å². The number of halogens is 1. The fraction of sp³-hybridized carbons (Fsp3) is 0.533. The molecule has 1 aliphatic carbocycles. The van der Waals surface area contributed by atoms with E-state index >= 15 is 0 Å². The number of carbonyl (C=O) groups is 1. The van der Waals surface area contributed by atoms with E-state index < -0.39 is 5.91 Å². The van der Waals surface area contributed by atoms with Gasteiger partial charge in [0.2, 0.25) is 0 Å². The summed E-state index contributed by atoms with van der Waals surface area (Å²) in [6.07, 6.45) is 5.60. The average Bonchev–Trinajstić information content (AvgIpc) is 2.41. The van der Waals surface area contributed by atoms with Crippen molar-refractivity contribution >= 4 is 23.2 Å². The lowest BCUT2D eigenvalue weighted by Crippen LogP contribution is -2.26. The maximum absolute atomic E-state index is 11.5. The Morgan fingerprint density at radius 2 is 2.20 bits per heavy atom. The molecule has 0 bridgehead atoms. The molecule has 2 unspecified atom stereocenters. The summed E-state index contributed by atoms with van der Waals surface area (Å²) < 4.78 is 5.98. The normalized spacial score (nSPS) is 22.5. The molecular weight excluding hydrogens is 276 g/mol. The van der Waals surface area contributed by atoms with Crippen LogP contribution in [0, 0.1) is 5.92 Å². The lowest BCUT2D eigenvalue weighted by Gasteiger charge is -2.29. The molecule has 2 atom stereocenters. The van der Waals surface area contributed by atoms with Crippen LogP contribution in [-0.4, -0.2) is 12.0 Å². The Balaban J connectivity index is 2.22. The summed E-state index contributed by atoms with van der Waals surface area (Å²) in [6.45, 7) is 2.19. The summed E-state index contributed by atoms with van der Waals surface area (Å²) >= 11 is 6.16. The van der Waals surface area contributed by atoms with Crippen LogP contribution < -0.4 is 16.2 Å². The average molecular weight is 297 g/mol. The first-order valence-corrected chi connectivity index (χ1v) is 7.44. The maximum Gasteiger partial charge on any atom is 0.252 e. The molecule has 0 spiro atoms. The van der Waals surface area contributed by atoms with Crippen LogP contribution in [0.2, 0.25) is 5.02 Å². The number of hydrogen-bond acceptors (Lipinski definition) is 3. The number of carbonyl (C=O) groups excluding carboxylic acids is 1. The summed E-state index contributed by atoms with van der Waals surface area (Å²) in [4.78, 5) is 11.5. The second kappa shape index (κ2) is 6.35. The number of benzene rings is 1. The van der Waals surface area contributed by atoms with Crippen LogP contribution in [-0.2, 0) is 0 Å². The second-order valence-electron chi connectivity index (χ2n) is 5.42. The summed E-state index contributed by atoms with van der Waals surface area (Å²) in [5.74, 6) is 0.477. The number of hydrogen-bond donors (Lipinski definition) is 2. The van der Waals surface area contributed by atoms with Gasteiger partial charge in [-0.25, -0.2) is 0 Å². The van der Waals surface area contributed by atoms with Gasteiger partial charge in [0.05, 0.1) is 16.7 Å². The van der Waals surface area contributed by atoms with E-state index in [0.29, 0.717) is 22.4 Å². The highest BCUT2D eigenvalue weighted by atomic mass is 35.5. The minimum absolute atomic E-state index is 0.0907. The molecule has 0 heterocycles. The van der Waals surface area contributed by atoms with Crippen LogP contribution in [0.3, 0.4) is 0 Å². The highest BCUT2D eigenvalue weighted by Gasteiger charge is 2.25. The molecule has 1 amide bonds. The van der Waals surface area contributed by atoms with Crippen molar-refractivity contribution in [1.82, 2.24) is 0 Å². The Hall–Kier alpha value is -1.42. The zero-order valence-electron chi connectivity index (χ0n) is 11.7. The monoisotopic (exact) mass is 296 g/mol. The molecule has 2 rings (SSSR count). The fourth-order valence-electron chi connectivity index (χ4n) is 2.80. The van der Waals surface area contributed by atoms with Gasteiger partial charge < -0.3 is 16.2 Å². The molecule has 1 aromatic carbocycles. The van der Waals surface area contributed by atoms with Crippen LogP contribution in [0.15, 0.2) is 12.1 Å². The zero-order chi connectivity index (χ0) is 14.7. The number of nitrogens with two attached hydrogens (primary N) is 2. The molecule has 1 fully saturated rings. The van der Waals surface area contributed by atoms with Crippen LogP contribution in [0.1, 0.15) is 49.4 Å². The van der Waals surface area contributed by atoms with Crippen LogP contribution in [0.5, 0.6) is 5.75 Å². The number of nitrogen functional groups attached to an aromatic ring is 1. The third-order valence-corrected chi connectivity index (χ3v) is 4.21. The first-order chi connectivity index (χ1) is 9.51. The first-order valence-electron chi connectivity index (χ1n) is 7.06. The Morgan fingerprint density at radius 1 is 1.45 bits per heavy atom. The highest BCUT2D eigenvalue weighted by Crippen LogP contribution is 2.36. The van der Waals surface area contributed by atoms with Crippen LogP contribution in [0.4, 0.5) is 5.69 Å². The minimum atomic E-state index is -0.572. The van der Waals surface area contributed by atoms with Crippen molar-refractivity contribution in [3.05, 3.63) is 22.7 Å². The molecule has 0 aromatic heterocycles. The van der Waals surface area contributed by atoms with Crippen molar-refractivity contribution in [2.75, 3.05) is 5.73 Å². The molecule has 20 heavy (non-hydrogen) atoms. The largest absolute Gasteiger partial charge is 0.488 e. The molecule has 5 heteroatoms. The van der Waals surface area contributed by atoms with E-state index in [2.05, 4.69) is 6.92 Å². The van der Waals surface area contributed by atoms with Crippen molar-refractivity contribution in [1.29, 1.82) is 0 Å². The maximum atomic E-state index is 11.5. The predicted molar refractivity (Wildman–Crippen MR) is 81.0 cm³/mol. The topological polar surface area (TPSA) is 78.3 Å². The SMILES string of the molecule is CCC1CCCC(Oc2c(Cl)cc(N)cc2C(N)=O)C1. The van der Waals surface area contributed by atoms with E-state index in [9.17, 15) is 4.79 Å². The summed E-state index contributed by atoms with van der Waals surface area (Å²) in [6, 6.07) is 3.10. The van der Waals surface area contributed by atoms with Gasteiger partial charge in [-0.05, 0) is 37.3 Å². The van der Waals surface area contributed by atoms with Crippen LogP contribution >= 0.6 is 11.6 Å². The van der Waals surface area contributed by atoms with E-state index in [4.69, 9.17) is 27.8 Å². The summed E-state index contributed by atoms with van der Waals surface area (Å²) in [5.41, 5.74) is 11.7. The molecule has 4 N–H and O–H groups in total. The van der Waals surface area contributed by atoms with Gasteiger partial charge in [-0.15, -0.1) is 0 Å². The molecule has 1 aromatic rings. The second-order valence-corrected chi connectivity index (χ2v) is 5.83. The predicted octanol–water partition coefficient (Wildman–Crippen LogP) is 3.37. The molecular formula is C15H21ClN2O2. The molecule has 110 valence electrons. The lowest BCUT2D eigenvalue weighted by atomic mass is 9.85. The van der Waals surface area contributed by atoms with Crippen molar-refractivity contribution < 1.29 is 9.53 Å². The number of primary amides is 1. The lowest BCUT2D eigenvalue weighted by molar-refractivity contribution is 0.0976. The van der Waals surface area contributed by atoms with Gasteiger partial charge in [0.15, 0.2) is 5.75 Å². The zero-order valence-corrected chi connectivity index (χ0v) is 12.5. The fourth-order valence-corrected chi connectivity index (χ4v) is 3.08. The Bertz CT molecular complexity index is 505. The molecule has 0 aliphatic heterocycles. The van der Waals surface area contributed by atoms with E-state index in [0.717, 1.165) is 25.7 Å².